The molecular formula is C13H14O2. The lowest BCUT2D eigenvalue weighted by Crippen LogP contribution is -1.98. The maximum Gasteiger partial charge on any atom is 0.0684 e. The zero-order valence-electron chi connectivity index (χ0n) is 8.48. The minimum Gasteiger partial charge on any atom is -0.396 e. The molecule has 0 saturated carbocycles. The SMILES string of the molecule is OCCc1c(CO)ccc2ccccc12. The Hall–Kier alpha value is -1.38. The van der Waals surface area contributed by atoms with E-state index in [0.29, 0.717) is 6.42 Å². The van der Waals surface area contributed by atoms with Crippen molar-refractivity contribution in [2.45, 2.75) is 13.0 Å². The average Bonchev–Trinajstić information content (AvgIpc) is 2.30. The Labute approximate surface area is 88.8 Å². The van der Waals surface area contributed by atoms with Gasteiger partial charge in [0.25, 0.3) is 0 Å². The van der Waals surface area contributed by atoms with Crippen molar-refractivity contribution >= 4 is 10.8 Å². The van der Waals surface area contributed by atoms with E-state index in [-0.39, 0.29) is 13.2 Å². The Kier molecular flexibility index (Phi) is 2.99. The molecule has 0 aliphatic carbocycles. The summed E-state index contributed by atoms with van der Waals surface area (Å²) in [4.78, 5) is 0. The second-order valence-corrected chi connectivity index (χ2v) is 3.56. The molecule has 2 rings (SSSR count). The van der Waals surface area contributed by atoms with Gasteiger partial charge in [0.2, 0.25) is 0 Å². The molecule has 0 saturated heterocycles. The molecule has 0 unspecified atom stereocenters. The first-order chi connectivity index (χ1) is 7.36. The minimum atomic E-state index is 0.0279. The van der Waals surface area contributed by atoms with E-state index in [9.17, 15) is 5.11 Å². The van der Waals surface area contributed by atoms with Crippen molar-refractivity contribution in [2.75, 3.05) is 6.61 Å². The van der Waals surface area contributed by atoms with Gasteiger partial charge in [0.1, 0.15) is 0 Å². The van der Waals surface area contributed by atoms with Gasteiger partial charge in [-0.2, -0.15) is 0 Å². The van der Waals surface area contributed by atoms with Crippen LogP contribution in [0.3, 0.4) is 0 Å². The molecule has 0 aliphatic rings. The second-order valence-electron chi connectivity index (χ2n) is 3.56. The molecule has 0 heterocycles. The summed E-state index contributed by atoms with van der Waals surface area (Å²) < 4.78 is 0. The molecule has 0 aromatic heterocycles. The fourth-order valence-electron chi connectivity index (χ4n) is 1.94. The van der Waals surface area contributed by atoms with Crippen LogP contribution in [0.4, 0.5) is 0 Å². The molecule has 2 aromatic rings. The van der Waals surface area contributed by atoms with Crippen molar-refractivity contribution < 1.29 is 10.2 Å². The van der Waals surface area contributed by atoms with Gasteiger partial charge in [-0.3, -0.25) is 0 Å². The Morgan fingerprint density at radius 3 is 2.47 bits per heavy atom. The van der Waals surface area contributed by atoms with Crippen LogP contribution in [0.15, 0.2) is 36.4 Å². The summed E-state index contributed by atoms with van der Waals surface area (Å²) >= 11 is 0. The van der Waals surface area contributed by atoms with Crippen molar-refractivity contribution in [3.05, 3.63) is 47.5 Å². The molecular weight excluding hydrogens is 188 g/mol. The zero-order chi connectivity index (χ0) is 10.7. The van der Waals surface area contributed by atoms with Crippen LogP contribution in [0.1, 0.15) is 11.1 Å². The van der Waals surface area contributed by atoms with E-state index in [1.54, 1.807) is 0 Å². The summed E-state index contributed by atoms with van der Waals surface area (Å²) in [6.45, 7) is 0.140. The summed E-state index contributed by atoms with van der Waals surface area (Å²) in [6.07, 6.45) is 0.594. The van der Waals surface area contributed by atoms with Crippen LogP contribution in [0.25, 0.3) is 10.8 Å². The molecule has 0 bridgehead atoms. The Morgan fingerprint density at radius 1 is 0.933 bits per heavy atom. The highest BCUT2D eigenvalue weighted by molar-refractivity contribution is 5.86. The Balaban J connectivity index is 2.67. The summed E-state index contributed by atoms with van der Waals surface area (Å²) in [5.74, 6) is 0. The molecule has 2 nitrogen and oxygen atoms in total. The summed E-state index contributed by atoms with van der Waals surface area (Å²) in [7, 11) is 0. The third-order valence-electron chi connectivity index (χ3n) is 2.67. The van der Waals surface area contributed by atoms with E-state index in [1.807, 2.05) is 36.4 Å². The standard InChI is InChI=1S/C13H14O2/c14-8-7-13-11(9-15)6-5-10-3-1-2-4-12(10)13/h1-6,14-15H,7-9H2. The van der Waals surface area contributed by atoms with Crippen molar-refractivity contribution in [3.8, 4) is 0 Å². The van der Waals surface area contributed by atoms with E-state index >= 15 is 0 Å². The van der Waals surface area contributed by atoms with Gasteiger partial charge in [-0.05, 0) is 28.3 Å². The lowest BCUT2D eigenvalue weighted by atomic mass is 9.97. The molecule has 2 N–H and O–H groups in total. The number of fused-ring (bicyclic) bond motifs is 1. The predicted molar refractivity (Wildman–Crippen MR) is 60.7 cm³/mol. The van der Waals surface area contributed by atoms with Crippen LogP contribution < -0.4 is 0 Å². The largest absolute Gasteiger partial charge is 0.396 e. The highest BCUT2D eigenvalue weighted by Crippen LogP contribution is 2.22. The number of aliphatic hydroxyl groups excluding tert-OH is 2. The molecule has 15 heavy (non-hydrogen) atoms. The van der Waals surface area contributed by atoms with Crippen LogP contribution in [-0.2, 0) is 13.0 Å². The van der Waals surface area contributed by atoms with Gasteiger partial charge in [-0.15, -0.1) is 0 Å². The average molecular weight is 202 g/mol. The van der Waals surface area contributed by atoms with E-state index in [0.717, 1.165) is 21.9 Å². The first-order valence-corrected chi connectivity index (χ1v) is 5.08. The Morgan fingerprint density at radius 2 is 1.73 bits per heavy atom. The highest BCUT2D eigenvalue weighted by Gasteiger charge is 2.05. The fraction of sp³-hybridized carbons (Fsp3) is 0.231. The normalized spacial score (nSPS) is 10.8. The van der Waals surface area contributed by atoms with Crippen LogP contribution in [0, 0.1) is 0 Å². The number of hydrogen-bond donors (Lipinski definition) is 2. The van der Waals surface area contributed by atoms with Crippen LogP contribution >= 0.6 is 0 Å². The van der Waals surface area contributed by atoms with Gasteiger partial charge in [-0.25, -0.2) is 0 Å². The van der Waals surface area contributed by atoms with Crippen LogP contribution in [0.2, 0.25) is 0 Å². The second kappa shape index (κ2) is 4.43. The van der Waals surface area contributed by atoms with Gasteiger partial charge in [0.15, 0.2) is 0 Å². The van der Waals surface area contributed by atoms with Crippen LogP contribution in [0.5, 0.6) is 0 Å². The van der Waals surface area contributed by atoms with E-state index in [1.165, 1.54) is 0 Å². The zero-order valence-corrected chi connectivity index (χ0v) is 8.48. The molecule has 78 valence electrons. The van der Waals surface area contributed by atoms with Gasteiger partial charge in [-0.1, -0.05) is 36.4 Å². The lowest BCUT2D eigenvalue weighted by Gasteiger charge is -2.10. The van der Waals surface area contributed by atoms with E-state index in [2.05, 4.69) is 0 Å². The lowest BCUT2D eigenvalue weighted by molar-refractivity contribution is 0.276. The predicted octanol–water partition coefficient (Wildman–Crippen LogP) is 1.87. The molecule has 0 aliphatic heterocycles. The van der Waals surface area contributed by atoms with Crippen LogP contribution in [-0.4, -0.2) is 16.8 Å². The topological polar surface area (TPSA) is 40.5 Å². The third kappa shape index (κ3) is 1.87. The summed E-state index contributed by atoms with van der Waals surface area (Å²) in [5, 5.41) is 20.5. The first kappa shape index (κ1) is 10.1. The molecule has 0 spiro atoms. The number of hydrogen-bond acceptors (Lipinski definition) is 2. The summed E-state index contributed by atoms with van der Waals surface area (Å²) in [6, 6.07) is 12.0. The molecule has 0 atom stereocenters. The highest BCUT2D eigenvalue weighted by atomic mass is 16.3. The summed E-state index contributed by atoms with van der Waals surface area (Å²) in [5.41, 5.74) is 1.96. The molecule has 0 amide bonds. The fourth-order valence-corrected chi connectivity index (χ4v) is 1.94. The Bertz CT molecular complexity index is 463. The number of aliphatic hydroxyl groups is 2. The van der Waals surface area contributed by atoms with Crippen molar-refractivity contribution in [2.24, 2.45) is 0 Å². The van der Waals surface area contributed by atoms with Gasteiger partial charge >= 0.3 is 0 Å². The number of rotatable bonds is 3. The van der Waals surface area contributed by atoms with Gasteiger partial charge in [0, 0.05) is 6.61 Å². The minimum absolute atomic E-state index is 0.0279. The third-order valence-corrected chi connectivity index (χ3v) is 2.67. The van der Waals surface area contributed by atoms with Crippen molar-refractivity contribution in [1.82, 2.24) is 0 Å². The maximum absolute atomic E-state index is 9.22. The smallest absolute Gasteiger partial charge is 0.0684 e. The van der Waals surface area contributed by atoms with Crippen molar-refractivity contribution in [3.63, 3.8) is 0 Å². The molecule has 0 fully saturated rings. The van der Waals surface area contributed by atoms with Gasteiger partial charge < -0.3 is 10.2 Å². The van der Waals surface area contributed by atoms with Crippen molar-refractivity contribution in [1.29, 1.82) is 0 Å². The quantitative estimate of drug-likeness (QED) is 0.797. The monoisotopic (exact) mass is 202 g/mol. The first-order valence-electron chi connectivity index (χ1n) is 5.08. The molecule has 2 heteroatoms. The number of benzene rings is 2. The van der Waals surface area contributed by atoms with Gasteiger partial charge in [0.05, 0.1) is 6.61 Å². The molecule has 0 radical (unpaired) electrons. The van der Waals surface area contributed by atoms with E-state index < -0.39 is 0 Å². The molecule has 2 aromatic carbocycles. The maximum atomic E-state index is 9.22. The van der Waals surface area contributed by atoms with E-state index in [4.69, 9.17) is 5.11 Å².